The van der Waals surface area contributed by atoms with Crippen LogP contribution in [0.2, 0.25) is 0 Å². The summed E-state index contributed by atoms with van der Waals surface area (Å²) >= 11 is 0. The molecule has 2 aromatic rings. The van der Waals surface area contributed by atoms with E-state index in [2.05, 4.69) is 15.6 Å². The van der Waals surface area contributed by atoms with Crippen molar-refractivity contribution in [3.8, 4) is 0 Å². The van der Waals surface area contributed by atoms with Crippen molar-refractivity contribution in [1.82, 2.24) is 21.1 Å². The molecule has 0 aliphatic rings. The molecule has 0 unspecified atom stereocenters. The van der Waals surface area contributed by atoms with Crippen molar-refractivity contribution in [1.29, 1.82) is 0 Å². The zero-order valence-electron chi connectivity index (χ0n) is 17.1. The molecule has 0 saturated heterocycles. The molecule has 0 aliphatic carbocycles. The van der Waals surface area contributed by atoms with Crippen LogP contribution in [0.5, 0.6) is 0 Å². The number of amides is 3. The highest BCUT2D eigenvalue weighted by molar-refractivity contribution is 5.90. The van der Waals surface area contributed by atoms with Crippen molar-refractivity contribution in [2.45, 2.75) is 45.7 Å². The van der Waals surface area contributed by atoms with Crippen molar-refractivity contribution in [2.75, 3.05) is 0 Å². The van der Waals surface area contributed by atoms with Crippen molar-refractivity contribution < 1.29 is 24.0 Å². The van der Waals surface area contributed by atoms with Gasteiger partial charge < -0.3 is 15.1 Å². The van der Waals surface area contributed by atoms with E-state index < -0.39 is 23.8 Å². The average Bonchev–Trinajstić information content (AvgIpc) is 3.25. The monoisotopic (exact) mass is 416 g/mol. The third-order valence-electron chi connectivity index (χ3n) is 4.52. The second-order valence-electron chi connectivity index (χ2n) is 7.48. The molecule has 4 N–H and O–H groups in total. The number of furan rings is 1. The third-order valence-corrected chi connectivity index (χ3v) is 4.52. The van der Waals surface area contributed by atoms with Gasteiger partial charge in [0.2, 0.25) is 17.7 Å². The predicted molar refractivity (Wildman–Crippen MR) is 108 cm³/mol. The predicted octanol–water partition coefficient (Wildman–Crippen LogP) is 1.58. The molecule has 0 bridgehead atoms. The van der Waals surface area contributed by atoms with Gasteiger partial charge >= 0.3 is 0 Å². The van der Waals surface area contributed by atoms with Gasteiger partial charge in [-0.3, -0.25) is 24.6 Å². The van der Waals surface area contributed by atoms with Gasteiger partial charge in [0.05, 0.1) is 12.8 Å². The molecule has 0 saturated carbocycles. The van der Waals surface area contributed by atoms with Gasteiger partial charge in [-0.15, -0.1) is 0 Å². The summed E-state index contributed by atoms with van der Waals surface area (Å²) in [4.78, 5) is 41.3. The van der Waals surface area contributed by atoms with Gasteiger partial charge in [0.1, 0.15) is 11.8 Å². The van der Waals surface area contributed by atoms with E-state index in [1.54, 1.807) is 42.1 Å². The minimum absolute atomic E-state index is 0.152. The molecule has 30 heavy (non-hydrogen) atoms. The molecule has 2 rings (SSSR count). The molecular weight excluding hydrogens is 388 g/mol. The highest BCUT2D eigenvalue weighted by Gasteiger charge is 2.28. The molecule has 0 radical (unpaired) electrons. The Morgan fingerprint density at radius 1 is 1.13 bits per heavy atom. The Balaban J connectivity index is 2.11. The highest BCUT2D eigenvalue weighted by Crippen LogP contribution is 2.16. The lowest BCUT2D eigenvalue weighted by Crippen LogP contribution is -2.50. The first-order valence-electron chi connectivity index (χ1n) is 9.81. The van der Waals surface area contributed by atoms with Gasteiger partial charge in [0.15, 0.2) is 0 Å². The maximum Gasteiger partial charge on any atom is 0.244 e. The summed E-state index contributed by atoms with van der Waals surface area (Å²) in [6.45, 7) is 4.06. The lowest BCUT2D eigenvalue weighted by Gasteiger charge is -2.23. The van der Waals surface area contributed by atoms with E-state index in [1.807, 2.05) is 13.8 Å². The van der Waals surface area contributed by atoms with Crippen LogP contribution < -0.4 is 16.1 Å². The van der Waals surface area contributed by atoms with Gasteiger partial charge in [0.25, 0.3) is 0 Å². The fraction of sp³-hybridized carbons (Fsp3) is 0.429. The Morgan fingerprint density at radius 2 is 1.87 bits per heavy atom. The summed E-state index contributed by atoms with van der Waals surface area (Å²) in [5, 5.41) is 14.3. The fourth-order valence-corrected chi connectivity index (χ4v) is 3.09. The van der Waals surface area contributed by atoms with Crippen LogP contribution in [0, 0.1) is 11.8 Å². The second kappa shape index (κ2) is 11.7. The summed E-state index contributed by atoms with van der Waals surface area (Å²) < 4.78 is 5.22. The van der Waals surface area contributed by atoms with E-state index in [-0.39, 0.29) is 31.2 Å². The first kappa shape index (κ1) is 23.1. The van der Waals surface area contributed by atoms with E-state index in [1.165, 1.54) is 6.26 Å². The summed E-state index contributed by atoms with van der Waals surface area (Å²) in [6, 6.07) is 6.15. The number of carbonyl (C=O) groups excluding carboxylic acids is 3. The average molecular weight is 416 g/mol. The number of rotatable bonds is 11. The van der Waals surface area contributed by atoms with Crippen LogP contribution >= 0.6 is 0 Å². The molecule has 3 amide bonds. The maximum absolute atomic E-state index is 12.9. The lowest BCUT2D eigenvalue weighted by atomic mass is 9.92. The smallest absolute Gasteiger partial charge is 0.244 e. The summed E-state index contributed by atoms with van der Waals surface area (Å²) in [6.07, 6.45) is 5.27. The number of nitrogens with one attached hydrogen (secondary N) is 3. The topological polar surface area (TPSA) is 134 Å². The summed E-state index contributed by atoms with van der Waals surface area (Å²) in [5.74, 6) is -1.36. The normalized spacial score (nSPS) is 12.8. The summed E-state index contributed by atoms with van der Waals surface area (Å²) in [5.41, 5.74) is 2.39. The van der Waals surface area contributed by atoms with E-state index in [0.717, 1.165) is 5.56 Å². The van der Waals surface area contributed by atoms with Gasteiger partial charge in [0, 0.05) is 31.2 Å². The van der Waals surface area contributed by atoms with Crippen molar-refractivity contribution in [2.24, 2.45) is 11.8 Å². The van der Waals surface area contributed by atoms with Crippen molar-refractivity contribution >= 4 is 17.7 Å². The number of aromatic nitrogens is 1. The Hall–Kier alpha value is -3.20. The summed E-state index contributed by atoms with van der Waals surface area (Å²) in [7, 11) is 0. The van der Waals surface area contributed by atoms with Crippen LogP contribution in [0.3, 0.4) is 0 Å². The van der Waals surface area contributed by atoms with Crippen molar-refractivity contribution in [3.05, 3.63) is 54.2 Å². The molecule has 2 heterocycles. The molecule has 2 aromatic heterocycles. The van der Waals surface area contributed by atoms with E-state index in [0.29, 0.717) is 12.2 Å². The van der Waals surface area contributed by atoms with Crippen LogP contribution in [0.15, 0.2) is 47.3 Å². The molecule has 162 valence electrons. The molecule has 0 aromatic carbocycles. The van der Waals surface area contributed by atoms with Gasteiger partial charge in [-0.2, -0.15) is 0 Å². The maximum atomic E-state index is 12.9. The quantitative estimate of drug-likeness (QED) is 0.325. The SMILES string of the molecule is CC(C)C[C@H](CC(=O)NO)C(=O)N[C@@H](Cc1ccncc1)C(=O)NCc1ccco1. The minimum Gasteiger partial charge on any atom is -0.467 e. The Labute approximate surface area is 175 Å². The first-order valence-corrected chi connectivity index (χ1v) is 9.81. The Kier molecular flexibility index (Phi) is 9.02. The van der Waals surface area contributed by atoms with Crippen LogP contribution in [0.1, 0.15) is 38.0 Å². The highest BCUT2D eigenvalue weighted by atomic mass is 16.5. The van der Waals surface area contributed by atoms with E-state index >= 15 is 0 Å². The number of hydroxylamine groups is 1. The van der Waals surface area contributed by atoms with E-state index in [4.69, 9.17) is 9.62 Å². The van der Waals surface area contributed by atoms with Crippen molar-refractivity contribution in [3.63, 3.8) is 0 Å². The van der Waals surface area contributed by atoms with Gasteiger partial charge in [-0.25, -0.2) is 5.48 Å². The number of pyridine rings is 1. The minimum atomic E-state index is -0.846. The molecule has 2 atom stereocenters. The van der Waals surface area contributed by atoms with Crippen LogP contribution in [-0.2, 0) is 27.3 Å². The largest absolute Gasteiger partial charge is 0.467 e. The molecule has 0 fully saturated rings. The molecular formula is C21H28N4O5. The second-order valence-corrected chi connectivity index (χ2v) is 7.48. The van der Waals surface area contributed by atoms with Gasteiger partial charge in [-0.05, 0) is 42.2 Å². The third kappa shape index (κ3) is 7.67. The molecule has 9 nitrogen and oxygen atoms in total. The zero-order chi connectivity index (χ0) is 21.9. The number of carbonyl (C=O) groups is 3. The number of nitrogens with zero attached hydrogens (tertiary/aromatic N) is 1. The fourth-order valence-electron chi connectivity index (χ4n) is 3.09. The Bertz CT molecular complexity index is 808. The lowest BCUT2D eigenvalue weighted by molar-refractivity contribution is -0.136. The number of hydrogen-bond donors (Lipinski definition) is 4. The molecule has 0 aliphatic heterocycles. The van der Waals surface area contributed by atoms with Crippen LogP contribution in [-0.4, -0.2) is 34.0 Å². The van der Waals surface area contributed by atoms with Gasteiger partial charge in [-0.1, -0.05) is 13.8 Å². The zero-order valence-corrected chi connectivity index (χ0v) is 17.1. The molecule has 0 spiro atoms. The number of hydrogen-bond acceptors (Lipinski definition) is 6. The van der Waals surface area contributed by atoms with E-state index in [9.17, 15) is 14.4 Å². The first-order chi connectivity index (χ1) is 14.4. The Morgan fingerprint density at radius 3 is 2.47 bits per heavy atom. The standard InChI is InChI=1S/C21H28N4O5/c1-14(2)10-16(12-19(26)25-29)20(27)24-18(11-15-5-7-22-8-6-15)21(28)23-13-17-4-3-9-30-17/h3-9,14,16,18,29H,10-13H2,1-2H3,(H,23,28)(H,24,27)(H,25,26)/t16-,18+/m1/s1. The molecule has 9 heteroatoms. The van der Waals surface area contributed by atoms with Crippen LogP contribution in [0.25, 0.3) is 0 Å². The van der Waals surface area contributed by atoms with Crippen LogP contribution in [0.4, 0.5) is 0 Å².